The fraction of sp³-hybridized carbons (Fsp3) is 0.217. The van der Waals surface area contributed by atoms with Crippen molar-refractivity contribution in [3.05, 3.63) is 102 Å². The first-order valence-electron chi connectivity index (χ1n) is 8.56. The molecule has 2 unspecified atom stereocenters. The molecule has 24 heavy (non-hydrogen) atoms. The lowest BCUT2D eigenvalue weighted by Crippen LogP contribution is -2.16. The van der Waals surface area contributed by atoms with Gasteiger partial charge in [-0.05, 0) is 34.6 Å². The number of rotatable bonds is 5. The van der Waals surface area contributed by atoms with E-state index in [0.29, 0.717) is 17.6 Å². The first-order valence-corrected chi connectivity index (χ1v) is 8.56. The molecule has 0 radical (unpaired) electrons. The predicted octanol–water partition coefficient (Wildman–Crippen LogP) is 6.08. The Morgan fingerprint density at radius 1 is 0.583 bits per heavy atom. The van der Waals surface area contributed by atoms with Gasteiger partial charge in [0, 0.05) is 5.92 Å². The maximum absolute atomic E-state index is 10.5. The molecule has 0 amide bonds. The van der Waals surface area contributed by atoms with Crippen LogP contribution in [0.2, 0.25) is 0 Å². The summed E-state index contributed by atoms with van der Waals surface area (Å²) in [7, 11) is 0. The maximum atomic E-state index is 10.5. The summed E-state index contributed by atoms with van der Waals surface area (Å²) < 4.78 is 0. The van der Waals surface area contributed by atoms with Crippen molar-refractivity contribution in [2.24, 2.45) is 0 Å². The lowest BCUT2D eigenvalue weighted by atomic mass is 9.73. The third kappa shape index (κ3) is 3.35. The van der Waals surface area contributed by atoms with Crippen LogP contribution >= 0.6 is 0 Å². The molecule has 0 heterocycles. The van der Waals surface area contributed by atoms with Crippen LogP contribution in [0.25, 0.3) is 0 Å². The summed E-state index contributed by atoms with van der Waals surface area (Å²) in [5.41, 5.74) is 3.62. The molecule has 0 saturated carbocycles. The minimum absolute atomic E-state index is 0.205. The number of phenolic OH excluding ortho intramolecular Hbond substituents is 1. The highest BCUT2D eigenvalue weighted by molar-refractivity contribution is 5.41. The molecule has 2 atom stereocenters. The Labute approximate surface area is 144 Å². The van der Waals surface area contributed by atoms with Crippen LogP contribution in [0.4, 0.5) is 0 Å². The zero-order chi connectivity index (χ0) is 16.9. The number of hydrogen-bond acceptors (Lipinski definition) is 1. The van der Waals surface area contributed by atoms with Gasteiger partial charge in [-0.25, -0.2) is 0 Å². The quantitative estimate of drug-likeness (QED) is 0.604. The molecule has 1 heteroatoms. The summed E-state index contributed by atoms with van der Waals surface area (Å²) in [5.74, 6) is 1.19. The zero-order valence-electron chi connectivity index (χ0n) is 14.3. The normalized spacial score (nSPS) is 14.8. The van der Waals surface area contributed by atoms with Gasteiger partial charge >= 0.3 is 0 Å². The van der Waals surface area contributed by atoms with Gasteiger partial charge in [-0.3, -0.25) is 0 Å². The van der Waals surface area contributed by atoms with Crippen molar-refractivity contribution >= 4 is 0 Å². The molecule has 1 N–H and O–H groups in total. The molecular formula is C23H24O. The summed E-state index contributed by atoms with van der Waals surface area (Å²) in [6.07, 6.45) is 0. The third-order valence-corrected chi connectivity index (χ3v) is 5.02. The lowest BCUT2D eigenvalue weighted by Gasteiger charge is -2.31. The topological polar surface area (TPSA) is 20.2 Å². The van der Waals surface area contributed by atoms with E-state index in [1.54, 1.807) is 6.07 Å². The standard InChI is InChI=1S/C23H24O/c1-17(19-11-5-3-6-12-19)23(21-15-9-10-16-22(21)24)18(2)20-13-7-4-8-14-20/h3-18,23-24H,1-2H3. The van der Waals surface area contributed by atoms with Crippen LogP contribution in [-0.4, -0.2) is 5.11 Å². The van der Waals surface area contributed by atoms with Crippen molar-refractivity contribution in [2.75, 3.05) is 0 Å². The fourth-order valence-corrected chi connectivity index (χ4v) is 3.67. The van der Waals surface area contributed by atoms with E-state index in [2.05, 4.69) is 68.4 Å². The second kappa shape index (κ2) is 7.35. The highest BCUT2D eigenvalue weighted by Gasteiger charge is 2.29. The van der Waals surface area contributed by atoms with E-state index in [-0.39, 0.29) is 5.92 Å². The number of hydrogen-bond donors (Lipinski definition) is 1. The van der Waals surface area contributed by atoms with E-state index in [9.17, 15) is 5.11 Å². The summed E-state index contributed by atoms with van der Waals surface area (Å²) >= 11 is 0. The Kier molecular flexibility index (Phi) is 5.00. The Morgan fingerprint density at radius 2 is 1.00 bits per heavy atom. The van der Waals surface area contributed by atoms with Crippen molar-refractivity contribution < 1.29 is 5.11 Å². The van der Waals surface area contributed by atoms with Gasteiger partial charge in [0.05, 0.1) is 0 Å². The fourth-order valence-electron chi connectivity index (χ4n) is 3.67. The van der Waals surface area contributed by atoms with Crippen LogP contribution in [0, 0.1) is 0 Å². The smallest absolute Gasteiger partial charge is 0.119 e. The van der Waals surface area contributed by atoms with Crippen molar-refractivity contribution in [1.82, 2.24) is 0 Å². The zero-order valence-corrected chi connectivity index (χ0v) is 14.3. The van der Waals surface area contributed by atoms with Gasteiger partial charge in [-0.1, -0.05) is 92.7 Å². The summed E-state index contributed by atoms with van der Waals surface area (Å²) in [4.78, 5) is 0. The minimum Gasteiger partial charge on any atom is -0.508 e. The van der Waals surface area contributed by atoms with Gasteiger partial charge < -0.3 is 5.11 Å². The summed E-state index contributed by atoms with van der Waals surface area (Å²) in [5, 5.41) is 10.5. The molecule has 0 aliphatic rings. The summed E-state index contributed by atoms with van der Waals surface area (Å²) in [6, 6.07) is 28.9. The van der Waals surface area contributed by atoms with E-state index >= 15 is 0 Å². The van der Waals surface area contributed by atoms with Crippen molar-refractivity contribution in [1.29, 1.82) is 0 Å². The average Bonchev–Trinajstić information content (AvgIpc) is 2.64. The first-order chi connectivity index (χ1) is 11.7. The van der Waals surface area contributed by atoms with Gasteiger partial charge in [-0.15, -0.1) is 0 Å². The molecule has 0 bridgehead atoms. The number of aromatic hydroxyl groups is 1. The molecule has 3 aromatic carbocycles. The lowest BCUT2D eigenvalue weighted by molar-refractivity contribution is 0.434. The molecule has 0 aliphatic heterocycles. The van der Waals surface area contributed by atoms with Gasteiger partial charge in [0.15, 0.2) is 0 Å². The van der Waals surface area contributed by atoms with Gasteiger partial charge in [0.25, 0.3) is 0 Å². The third-order valence-electron chi connectivity index (χ3n) is 5.02. The molecule has 0 saturated heterocycles. The molecule has 0 aliphatic carbocycles. The van der Waals surface area contributed by atoms with E-state index in [1.807, 2.05) is 24.3 Å². The second-order valence-electron chi connectivity index (χ2n) is 6.48. The van der Waals surface area contributed by atoms with Crippen LogP contribution in [0.3, 0.4) is 0 Å². The minimum atomic E-state index is 0.205. The second-order valence-corrected chi connectivity index (χ2v) is 6.48. The van der Waals surface area contributed by atoms with Crippen molar-refractivity contribution in [3.8, 4) is 5.75 Å². The van der Waals surface area contributed by atoms with Crippen LogP contribution < -0.4 is 0 Å². The van der Waals surface area contributed by atoms with Gasteiger partial charge in [-0.2, -0.15) is 0 Å². The monoisotopic (exact) mass is 316 g/mol. The van der Waals surface area contributed by atoms with Crippen LogP contribution in [0.15, 0.2) is 84.9 Å². The molecular weight excluding hydrogens is 292 g/mol. The average molecular weight is 316 g/mol. The molecule has 1 nitrogen and oxygen atoms in total. The molecule has 0 spiro atoms. The van der Waals surface area contributed by atoms with Gasteiger partial charge in [0.1, 0.15) is 5.75 Å². The molecule has 0 aromatic heterocycles. The SMILES string of the molecule is CC(c1ccccc1)C(c1ccccc1O)C(C)c1ccccc1. The largest absolute Gasteiger partial charge is 0.508 e. The van der Waals surface area contributed by atoms with Crippen molar-refractivity contribution in [3.63, 3.8) is 0 Å². The summed E-state index contributed by atoms with van der Waals surface area (Å²) in [6.45, 7) is 4.51. The molecule has 3 aromatic rings. The van der Waals surface area contributed by atoms with E-state index < -0.39 is 0 Å². The van der Waals surface area contributed by atoms with E-state index in [0.717, 1.165) is 5.56 Å². The number of phenols is 1. The van der Waals surface area contributed by atoms with Crippen LogP contribution in [-0.2, 0) is 0 Å². The Balaban J connectivity index is 2.06. The maximum Gasteiger partial charge on any atom is 0.119 e. The molecule has 0 fully saturated rings. The first kappa shape index (κ1) is 16.3. The predicted molar refractivity (Wildman–Crippen MR) is 101 cm³/mol. The highest BCUT2D eigenvalue weighted by atomic mass is 16.3. The van der Waals surface area contributed by atoms with E-state index in [4.69, 9.17) is 0 Å². The highest BCUT2D eigenvalue weighted by Crippen LogP contribution is 2.45. The van der Waals surface area contributed by atoms with E-state index in [1.165, 1.54) is 11.1 Å². The van der Waals surface area contributed by atoms with Crippen molar-refractivity contribution in [2.45, 2.75) is 31.6 Å². The molecule has 122 valence electrons. The Morgan fingerprint density at radius 3 is 1.46 bits per heavy atom. The van der Waals surface area contributed by atoms with Crippen LogP contribution in [0.5, 0.6) is 5.75 Å². The Hall–Kier alpha value is -2.54. The number of para-hydroxylation sites is 1. The van der Waals surface area contributed by atoms with Crippen LogP contribution in [0.1, 0.15) is 48.3 Å². The number of benzene rings is 3. The molecule has 3 rings (SSSR count). The Bertz CT molecular complexity index is 719. The van der Waals surface area contributed by atoms with Gasteiger partial charge in [0.2, 0.25) is 0 Å².